The van der Waals surface area contributed by atoms with Crippen molar-refractivity contribution in [2.75, 3.05) is 6.61 Å². The molecule has 6 bridgehead atoms. The van der Waals surface area contributed by atoms with Gasteiger partial charge in [-0.2, -0.15) is 5.10 Å². The summed E-state index contributed by atoms with van der Waals surface area (Å²) in [6.45, 7) is 0.693. The van der Waals surface area contributed by atoms with Gasteiger partial charge in [0.15, 0.2) is 0 Å². The van der Waals surface area contributed by atoms with Crippen LogP contribution < -0.4 is 15.6 Å². The van der Waals surface area contributed by atoms with Gasteiger partial charge in [-0.1, -0.05) is 42.5 Å². The van der Waals surface area contributed by atoms with E-state index >= 15 is 0 Å². The van der Waals surface area contributed by atoms with E-state index in [2.05, 4.69) is 10.4 Å². The van der Waals surface area contributed by atoms with Gasteiger partial charge in [-0.05, 0) is 53.9 Å². The highest BCUT2D eigenvalue weighted by molar-refractivity contribution is 6.10. The van der Waals surface area contributed by atoms with E-state index < -0.39 is 0 Å². The number of nitrogens with one attached hydrogen (secondary N) is 1. The molecule has 1 atom stereocenters. The van der Waals surface area contributed by atoms with E-state index in [1.54, 1.807) is 18.2 Å². The van der Waals surface area contributed by atoms with E-state index in [4.69, 9.17) is 9.73 Å². The van der Waals surface area contributed by atoms with Crippen molar-refractivity contribution < 1.29 is 9.53 Å². The minimum atomic E-state index is -0.241. The van der Waals surface area contributed by atoms with Crippen molar-refractivity contribution in [3.8, 4) is 17.0 Å². The van der Waals surface area contributed by atoms with Gasteiger partial charge in [0.05, 0.1) is 24.5 Å². The quantitative estimate of drug-likeness (QED) is 0.422. The number of carbonyl (C=O) groups is 1. The van der Waals surface area contributed by atoms with Gasteiger partial charge in [0.25, 0.3) is 11.5 Å². The zero-order chi connectivity index (χ0) is 23.8. The fourth-order valence-corrected chi connectivity index (χ4v) is 4.57. The Kier molecular flexibility index (Phi) is 5.22. The number of hydrogen-bond acceptors (Lipinski definition) is 5. The SMILES string of the molecule is O=C1NC2=Nc3ccccc3C2CCOc2cccc(c2)-c2ccc(=O)n(n2)Cc2cccc1c2. The Bertz CT molecular complexity index is 1540. The molecule has 7 heteroatoms. The fourth-order valence-electron chi connectivity index (χ4n) is 4.57. The first-order valence-electron chi connectivity index (χ1n) is 11.5. The predicted octanol–water partition coefficient (Wildman–Crippen LogP) is 4.30. The van der Waals surface area contributed by atoms with E-state index in [0.717, 1.165) is 22.4 Å². The summed E-state index contributed by atoms with van der Waals surface area (Å²) in [5, 5.41) is 7.59. The molecule has 0 radical (unpaired) electrons. The normalized spacial score (nSPS) is 16.7. The third-order valence-corrected chi connectivity index (χ3v) is 6.32. The maximum absolute atomic E-state index is 13.2. The molecule has 3 heterocycles. The Balaban J connectivity index is 1.43. The molecule has 2 aliphatic heterocycles. The van der Waals surface area contributed by atoms with Gasteiger partial charge < -0.3 is 10.1 Å². The van der Waals surface area contributed by atoms with Gasteiger partial charge in [0.2, 0.25) is 0 Å². The molecule has 0 saturated heterocycles. The van der Waals surface area contributed by atoms with Gasteiger partial charge in [0, 0.05) is 23.1 Å². The van der Waals surface area contributed by atoms with Crippen LogP contribution in [-0.4, -0.2) is 28.1 Å². The molecule has 35 heavy (non-hydrogen) atoms. The average Bonchev–Trinajstić information content (AvgIpc) is 3.22. The third kappa shape index (κ3) is 4.12. The summed E-state index contributed by atoms with van der Waals surface area (Å²) in [6, 6.07) is 26.1. The van der Waals surface area contributed by atoms with Crippen molar-refractivity contribution >= 4 is 17.4 Å². The van der Waals surface area contributed by atoms with Crippen LogP contribution in [0.3, 0.4) is 0 Å². The Labute approximate surface area is 201 Å². The minimum Gasteiger partial charge on any atom is -0.494 e. The van der Waals surface area contributed by atoms with Gasteiger partial charge in [-0.3, -0.25) is 9.59 Å². The van der Waals surface area contributed by atoms with Crippen LogP contribution in [0.4, 0.5) is 5.69 Å². The first-order valence-corrected chi connectivity index (χ1v) is 11.5. The Morgan fingerprint density at radius 2 is 1.74 bits per heavy atom. The second-order valence-corrected chi connectivity index (χ2v) is 8.64. The lowest BCUT2D eigenvalue weighted by Crippen LogP contribution is -2.34. The second-order valence-electron chi connectivity index (χ2n) is 8.64. The number of rotatable bonds is 0. The lowest BCUT2D eigenvalue weighted by atomic mass is 9.96. The molecule has 0 fully saturated rings. The monoisotopic (exact) mass is 462 g/mol. The summed E-state index contributed by atoms with van der Waals surface area (Å²) in [5.74, 6) is 1.02. The van der Waals surface area contributed by atoms with E-state index in [0.29, 0.717) is 35.9 Å². The number of para-hydroxylation sites is 1. The lowest BCUT2D eigenvalue weighted by Gasteiger charge is -2.16. The van der Waals surface area contributed by atoms with E-state index in [-0.39, 0.29) is 23.9 Å². The standard InChI is InChI=1S/C28H22N4O3/c33-26-12-11-24-19-6-4-8-21(16-19)35-14-13-23-22-9-1-2-10-25(22)29-27(23)30-28(34)20-7-3-5-18(15-20)17-32(26)31-24/h1-12,15-16,23H,13-14,17H2,(H,29,30,34). The van der Waals surface area contributed by atoms with Gasteiger partial charge in [-0.25, -0.2) is 9.67 Å². The number of amides is 1. The Morgan fingerprint density at radius 1 is 0.886 bits per heavy atom. The van der Waals surface area contributed by atoms with Crippen molar-refractivity contribution in [3.05, 3.63) is 112 Å². The average molecular weight is 463 g/mol. The molecule has 1 N–H and O–H groups in total. The highest BCUT2D eigenvalue weighted by Crippen LogP contribution is 2.36. The largest absolute Gasteiger partial charge is 0.494 e. The van der Waals surface area contributed by atoms with Crippen molar-refractivity contribution in [2.45, 2.75) is 18.9 Å². The van der Waals surface area contributed by atoms with Crippen molar-refractivity contribution in [2.24, 2.45) is 4.99 Å². The maximum atomic E-state index is 13.2. The summed E-state index contributed by atoms with van der Waals surface area (Å²) < 4.78 is 7.50. The van der Waals surface area contributed by atoms with E-state index in [1.165, 1.54) is 10.7 Å². The number of aromatic nitrogens is 2. The number of aliphatic imine (C=N–C) groups is 1. The zero-order valence-electron chi connectivity index (χ0n) is 18.8. The molecule has 2 aliphatic rings. The fraction of sp³-hybridized carbons (Fsp3) is 0.143. The van der Waals surface area contributed by atoms with E-state index in [1.807, 2.05) is 60.7 Å². The van der Waals surface area contributed by atoms with Crippen LogP contribution in [0.2, 0.25) is 0 Å². The molecule has 1 unspecified atom stereocenters. The van der Waals surface area contributed by atoms with Gasteiger partial charge in [0.1, 0.15) is 11.6 Å². The molecular weight excluding hydrogens is 440 g/mol. The number of carbonyl (C=O) groups excluding carboxylic acids is 1. The summed E-state index contributed by atoms with van der Waals surface area (Å²) >= 11 is 0. The molecular formula is C28H22N4O3. The molecule has 7 nitrogen and oxygen atoms in total. The van der Waals surface area contributed by atoms with E-state index in [9.17, 15) is 9.59 Å². The Hall–Kier alpha value is -4.52. The van der Waals surface area contributed by atoms with Crippen LogP contribution in [0.25, 0.3) is 11.3 Å². The molecule has 4 aromatic rings. The van der Waals surface area contributed by atoms with Crippen molar-refractivity contribution in [1.82, 2.24) is 15.1 Å². The van der Waals surface area contributed by atoms with Gasteiger partial charge >= 0.3 is 0 Å². The highest BCUT2D eigenvalue weighted by atomic mass is 16.5. The van der Waals surface area contributed by atoms with Crippen LogP contribution in [0.15, 0.2) is 94.7 Å². The number of nitrogens with zero attached hydrogens (tertiary/aromatic N) is 3. The molecule has 0 aliphatic carbocycles. The molecule has 0 saturated carbocycles. The molecule has 6 rings (SSSR count). The van der Waals surface area contributed by atoms with Crippen LogP contribution in [-0.2, 0) is 6.54 Å². The summed E-state index contributed by atoms with van der Waals surface area (Å²) in [7, 11) is 0. The number of benzene rings is 3. The smallest absolute Gasteiger partial charge is 0.267 e. The number of hydrogen-bond donors (Lipinski definition) is 1. The van der Waals surface area contributed by atoms with Crippen LogP contribution in [0.1, 0.15) is 33.8 Å². The summed E-state index contributed by atoms with van der Waals surface area (Å²) in [6.07, 6.45) is 0.656. The predicted molar refractivity (Wildman–Crippen MR) is 133 cm³/mol. The van der Waals surface area contributed by atoms with Crippen LogP contribution >= 0.6 is 0 Å². The molecule has 3 aromatic carbocycles. The summed E-state index contributed by atoms with van der Waals surface area (Å²) in [5.41, 5.74) is 4.56. The van der Waals surface area contributed by atoms with Crippen molar-refractivity contribution in [3.63, 3.8) is 0 Å². The topological polar surface area (TPSA) is 85.6 Å². The third-order valence-electron chi connectivity index (χ3n) is 6.32. The van der Waals surface area contributed by atoms with Crippen LogP contribution in [0, 0.1) is 0 Å². The molecule has 0 spiro atoms. The number of ether oxygens (including phenoxy) is 1. The number of amidine groups is 1. The molecule has 172 valence electrons. The first kappa shape index (κ1) is 21.0. The number of fused-ring (bicyclic) bond motifs is 10. The lowest BCUT2D eigenvalue weighted by molar-refractivity contribution is 0.0975. The Morgan fingerprint density at radius 3 is 2.69 bits per heavy atom. The van der Waals surface area contributed by atoms with Crippen LogP contribution in [0.5, 0.6) is 5.75 Å². The highest BCUT2D eigenvalue weighted by Gasteiger charge is 2.28. The second kappa shape index (κ2) is 8.68. The molecule has 1 aromatic heterocycles. The maximum Gasteiger partial charge on any atom is 0.267 e. The van der Waals surface area contributed by atoms with Crippen molar-refractivity contribution in [1.29, 1.82) is 0 Å². The summed E-state index contributed by atoms with van der Waals surface area (Å²) in [4.78, 5) is 30.4. The molecule has 1 amide bonds. The zero-order valence-corrected chi connectivity index (χ0v) is 18.8. The first-order chi connectivity index (χ1) is 17.1. The minimum absolute atomic E-state index is 0.0764. The van der Waals surface area contributed by atoms with Gasteiger partial charge in [-0.15, -0.1) is 0 Å².